The van der Waals surface area contributed by atoms with Gasteiger partial charge in [-0.1, -0.05) is 12.1 Å². The summed E-state index contributed by atoms with van der Waals surface area (Å²) in [6.07, 6.45) is 0. The third-order valence-electron chi connectivity index (χ3n) is 2.60. The lowest BCUT2D eigenvalue weighted by Gasteiger charge is -2.07. The minimum atomic E-state index is -0.728. The van der Waals surface area contributed by atoms with Crippen LogP contribution in [-0.4, -0.2) is 37.9 Å². The average Bonchev–Trinajstić information content (AvgIpc) is 2.49. The van der Waals surface area contributed by atoms with E-state index in [2.05, 4.69) is 16.0 Å². The van der Waals surface area contributed by atoms with Crippen LogP contribution in [0.25, 0.3) is 0 Å². The smallest absolute Gasteiger partial charge is 0.309 e. The van der Waals surface area contributed by atoms with Crippen LogP contribution in [0.1, 0.15) is 12.5 Å². The van der Waals surface area contributed by atoms with Crippen LogP contribution in [0.4, 0.5) is 0 Å². The van der Waals surface area contributed by atoms with E-state index in [1.807, 2.05) is 0 Å². The van der Waals surface area contributed by atoms with Gasteiger partial charge in [-0.2, -0.15) is 0 Å². The molecule has 114 valence electrons. The van der Waals surface area contributed by atoms with E-state index in [0.717, 1.165) is 11.3 Å². The Morgan fingerprint density at radius 2 is 1.52 bits per heavy atom. The molecule has 0 aliphatic rings. The normalized spacial score (nSPS) is 9.62. The van der Waals surface area contributed by atoms with Crippen molar-refractivity contribution in [2.24, 2.45) is 0 Å². The zero-order valence-corrected chi connectivity index (χ0v) is 12.1. The first-order chi connectivity index (χ1) is 10.0. The summed E-state index contributed by atoms with van der Waals surface area (Å²) >= 11 is 0. The summed E-state index contributed by atoms with van der Waals surface area (Å²) in [4.78, 5) is 33.6. The molecule has 0 aromatic heterocycles. The lowest BCUT2D eigenvalue weighted by atomic mass is 10.2. The third-order valence-corrected chi connectivity index (χ3v) is 2.60. The Morgan fingerprint density at radius 1 is 0.952 bits per heavy atom. The molecule has 21 heavy (non-hydrogen) atoms. The predicted molar refractivity (Wildman–Crippen MR) is 76.5 cm³/mol. The van der Waals surface area contributed by atoms with Crippen LogP contribution in [0.3, 0.4) is 0 Å². The minimum Gasteiger partial charge on any atom is -0.497 e. The van der Waals surface area contributed by atoms with Gasteiger partial charge in [-0.25, -0.2) is 0 Å². The first kappa shape index (κ1) is 16.5. The molecule has 0 bridgehead atoms. The van der Waals surface area contributed by atoms with E-state index in [1.54, 1.807) is 31.4 Å². The van der Waals surface area contributed by atoms with Crippen molar-refractivity contribution in [1.29, 1.82) is 0 Å². The Kier molecular flexibility index (Phi) is 6.73. The molecule has 3 N–H and O–H groups in total. The van der Waals surface area contributed by atoms with E-state index in [4.69, 9.17) is 4.74 Å². The molecular weight excluding hydrogens is 274 g/mol. The second-order valence-corrected chi connectivity index (χ2v) is 4.27. The summed E-state index contributed by atoms with van der Waals surface area (Å²) < 4.78 is 5.02. The highest BCUT2D eigenvalue weighted by Gasteiger charge is 2.12. The average molecular weight is 293 g/mol. The van der Waals surface area contributed by atoms with E-state index in [0.29, 0.717) is 0 Å². The van der Waals surface area contributed by atoms with Crippen LogP contribution < -0.4 is 20.7 Å². The molecule has 0 fully saturated rings. The number of carbonyl (C=O) groups excluding carboxylic acids is 3. The topological polar surface area (TPSA) is 96.5 Å². The number of benzene rings is 1. The minimum absolute atomic E-state index is 0.187. The molecule has 0 radical (unpaired) electrons. The van der Waals surface area contributed by atoms with Crippen molar-refractivity contribution in [1.82, 2.24) is 16.0 Å². The molecule has 0 saturated carbocycles. The summed E-state index contributed by atoms with van der Waals surface area (Å²) in [5.74, 6) is -0.906. The Morgan fingerprint density at radius 3 is 2.10 bits per heavy atom. The summed E-state index contributed by atoms with van der Waals surface area (Å²) in [6, 6.07) is 7.14. The van der Waals surface area contributed by atoms with E-state index < -0.39 is 11.8 Å². The third kappa shape index (κ3) is 6.42. The van der Waals surface area contributed by atoms with Crippen molar-refractivity contribution >= 4 is 17.7 Å². The second kappa shape index (κ2) is 8.57. The van der Waals surface area contributed by atoms with Crippen LogP contribution in [-0.2, 0) is 20.9 Å². The highest BCUT2D eigenvalue weighted by Crippen LogP contribution is 2.10. The fraction of sp³-hybridized carbons (Fsp3) is 0.357. The molecule has 0 unspecified atom stereocenters. The quantitative estimate of drug-likeness (QED) is 0.489. The van der Waals surface area contributed by atoms with Gasteiger partial charge in [0.2, 0.25) is 5.91 Å². The number of hydrogen-bond donors (Lipinski definition) is 3. The van der Waals surface area contributed by atoms with Crippen molar-refractivity contribution in [3.8, 4) is 5.75 Å². The number of amides is 3. The molecule has 7 nitrogen and oxygen atoms in total. The molecule has 3 amide bonds. The van der Waals surface area contributed by atoms with Gasteiger partial charge in [-0.15, -0.1) is 0 Å². The molecule has 0 aliphatic heterocycles. The van der Waals surface area contributed by atoms with Crippen molar-refractivity contribution in [2.45, 2.75) is 13.5 Å². The molecule has 7 heteroatoms. The maximum atomic E-state index is 11.5. The molecule has 0 spiro atoms. The number of rotatable bonds is 6. The fourth-order valence-corrected chi connectivity index (χ4v) is 1.50. The number of carbonyl (C=O) groups is 3. The molecule has 0 atom stereocenters. The fourth-order valence-electron chi connectivity index (χ4n) is 1.50. The van der Waals surface area contributed by atoms with Gasteiger partial charge in [0.1, 0.15) is 5.75 Å². The van der Waals surface area contributed by atoms with Crippen LogP contribution in [0.15, 0.2) is 24.3 Å². The van der Waals surface area contributed by atoms with E-state index in [9.17, 15) is 14.4 Å². The zero-order valence-electron chi connectivity index (χ0n) is 12.1. The van der Waals surface area contributed by atoms with Crippen LogP contribution in [0.2, 0.25) is 0 Å². The maximum Gasteiger partial charge on any atom is 0.309 e. The first-order valence-electron chi connectivity index (χ1n) is 6.46. The summed E-state index contributed by atoms with van der Waals surface area (Å²) in [6.45, 7) is 2.12. The molecule has 0 heterocycles. The van der Waals surface area contributed by atoms with Gasteiger partial charge in [-0.05, 0) is 17.7 Å². The Labute approximate surface area is 123 Å². The maximum absolute atomic E-state index is 11.5. The van der Waals surface area contributed by atoms with Crippen LogP contribution >= 0.6 is 0 Å². The SMILES string of the molecule is COc1ccc(CNC(=O)C(=O)NCCNC(C)=O)cc1. The largest absolute Gasteiger partial charge is 0.497 e. The summed E-state index contributed by atoms with van der Waals surface area (Å²) in [5, 5.41) is 7.42. The van der Waals surface area contributed by atoms with Crippen molar-refractivity contribution in [2.75, 3.05) is 20.2 Å². The first-order valence-corrected chi connectivity index (χ1v) is 6.46. The predicted octanol–water partition coefficient (Wildman–Crippen LogP) is -0.436. The summed E-state index contributed by atoms with van der Waals surface area (Å²) in [7, 11) is 1.57. The molecular formula is C14H19N3O4. The highest BCUT2D eigenvalue weighted by molar-refractivity contribution is 6.35. The van der Waals surface area contributed by atoms with E-state index in [-0.39, 0.29) is 25.5 Å². The number of hydrogen-bond acceptors (Lipinski definition) is 4. The van der Waals surface area contributed by atoms with Crippen molar-refractivity contribution in [3.63, 3.8) is 0 Å². The highest BCUT2D eigenvalue weighted by atomic mass is 16.5. The Balaban J connectivity index is 2.28. The Bertz CT molecular complexity index is 499. The second-order valence-electron chi connectivity index (χ2n) is 4.27. The molecule has 1 rings (SSSR count). The number of methoxy groups -OCH3 is 1. The van der Waals surface area contributed by atoms with Crippen LogP contribution in [0.5, 0.6) is 5.75 Å². The van der Waals surface area contributed by atoms with E-state index in [1.165, 1.54) is 6.92 Å². The molecule has 0 saturated heterocycles. The van der Waals surface area contributed by atoms with E-state index >= 15 is 0 Å². The number of nitrogens with one attached hydrogen (secondary N) is 3. The van der Waals surface area contributed by atoms with Gasteiger partial charge in [-0.3, -0.25) is 14.4 Å². The zero-order chi connectivity index (χ0) is 15.7. The lowest BCUT2D eigenvalue weighted by molar-refractivity contribution is -0.139. The van der Waals surface area contributed by atoms with Gasteiger partial charge in [0, 0.05) is 26.6 Å². The lowest BCUT2D eigenvalue weighted by Crippen LogP contribution is -2.42. The van der Waals surface area contributed by atoms with Crippen molar-refractivity contribution in [3.05, 3.63) is 29.8 Å². The molecule has 0 aliphatic carbocycles. The number of ether oxygens (including phenoxy) is 1. The van der Waals surface area contributed by atoms with Gasteiger partial charge in [0.05, 0.1) is 7.11 Å². The monoisotopic (exact) mass is 293 g/mol. The standard InChI is InChI=1S/C14H19N3O4/c1-10(18)15-7-8-16-13(19)14(20)17-9-11-3-5-12(21-2)6-4-11/h3-6H,7-9H2,1-2H3,(H,15,18)(H,16,19)(H,17,20). The molecule has 1 aromatic rings. The van der Waals surface area contributed by atoms with Crippen molar-refractivity contribution < 1.29 is 19.1 Å². The van der Waals surface area contributed by atoms with Crippen LogP contribution in [0, 0.1) is 0 Å². The van der Waals surface area contributed by atoms with Gasteiger partial charge in [0.25, 0.3) is 0 Å². The van der Waals surface area contributed by atoms with Gasteiger partial charge >= 0.3 is 11.8 Å². The van der Waals surface area contributed by atoms with Gasteiger partial charge < -0.3 is 20.7 Å². The van der Waals surface area contributed by atoms with Gasteiger partial charge in [0.15, 0.2) is 0 Å². The Hall–Kier alpha value is -2.57. The molecule has 1 aromatic carbocycles. The summed E-state index contributed by atoms with van der Waals surface area (Å²) in [5.41, 5.74) is 0.857.